The summed E-state index contributed by atoms with van der Waals surface area (Å²) in [6.07, 6.45) is 1.88. The second-order valence-corrected chi connectivity index (χ2v) is 3.97. The SMILES string of the molecule is CSc1ccc(F)c(OC(C)CC#N)c1. The van der Waals surface area contributed by atoms with Crippen LogP contribution in [-0.2, 0) is 0 Å². The van der Waals surface area contributed by atoms with Gasteiger partial charge in [0.25, 0.3) is 0 Å². The molecule has 2 nitrogen and oxygen atoms in total. The fourth-order valence-electron chi connectivity index (χ4n) is 1.09. The number of thioether (sulfide) groups is 1. The van der Waals surface area contributed by atoms with Gasteiger partial charge in [0.1, 0.15) is 6.10 Å². The van der Waals surface area contributed by atoms with Gasteiger partial charge in [-0.2, -0.15) is 5.26 Å². The van der Waals surface area contributed by atoms with Crippen LogP contribution >= 0.6 is 11.8 Å². The van der Waals surface area contributed by atoms with Gasteiger partial charge < -0.3 is 4.74 Å². The largest absolute Gasteiger partial charge is 0.487 e. The summed E-state index contributed by atoms with van der Waals surface area (Å²) in [5.41, 5.74) is 0. The molecule has 0 aromatic heterocycles. The molecule has 0 heterocycles. The Morgan fingerprint density at radius 3 is 2.93 bits per heavy atom. The summed E-state index contributed by atoms with van der Waals surface area (Å²) in [5.74, 6) is -0.179. The zero-order valence-corrected chi connectivity index (χ0v) is 9.47. The normalized spacial score (nSPS) is 11.9. The molecule has 0 bridgehead atoms. The average molecular weight is 225 g/mol. The van der Waals surface area contributed by atoms with Gasteiger partial charge in [-0.05, 0) is 31.4 Å². The molecule has 1 atom stereocenters. The molecule has 0 fully saturated rings. The monoisotopic (exact) mass is 225 g/mol. The van der Waals surface area contributed by atoms with E-state index in [1.807, 2.05) is 12.3 Å². The number of benzene rings is 1. The molecule has 0 spiro atoms. The molecule has 0 amide bonds. The Kier molecular flexibility index (Phi) is 4.44. The fraction of sp³-hybridized carbons (Fsp3) is 0.364. The van der Waals surface area contributed by atoms with Crippen LogP contribution in [0.3, 0.4) is 0 Å². The number of rotatable bonds is 4. The van der Waals surface area contributed by atoms with Crippen molar-refractivity contribution in [3.8, 4) is 11.8 Å². The van der Waals surface area contributed by atoms with Gasteiger partial charge in [-0.3, -0.25) is 0 Å². The van der Waals surface area contributed by atoms with Gasteiger partial charge in [0.05, 0.1) is 12.5 Å². The van der Waals surface area contributed by atoms with Crippen molar-refractivity contribution in [3.05, 3.63) is 24.0 Å². The Morgan fingerprint density at radius 1 is 1.60 bits per heavy atom. The first-order valence-electron chi connectivity index (χ1n) is 4.54. The maximum absolute atomic E-state index is 13.3. The lowest BCUT2D eigenvalue weighted by molar-refractivity contribution is 0.216. The van der Waals surface area contributed by atoms with E-state index in [1.165, 1.54) is 17.8 Å². The van der Waals surface area contributed by atoms with Crippen LogP contribution in [0.2, 0.25) is 0 Å². The average Bonchev–Trinajstić information content (AvgIpc) is 2.21. The molecule has 4 heteroatoms. The lowest BCUT2D eigenvalue weighted by Gasteiger charge is -2.12. The molecule has 0 aliphatic carbocycles. The molecule has 80 valence electrons. The maximum Gasteiger partial charge on any atom is 0.165 e. The summed E-state index contributed by atoms with van der Waals surface area (Å²) in [5, 5.41) is 8.46. The first-order valence-corrected chi connectivity index (χ1v) is 5.77. The van der Waals surface area contributed by atoms with Crippen LogP contribution in [-0.4, -0.2) is 12.4 Å². The number of ether oxygens (including phenoxy) is 1. The molecule has 1 aromatic rings. The molecule has 0 aliphatic rings. The highest BCUT2D eigenvalue weighted by Gasteiger charge is 2.08. The van der Waals surface area contributed by atoms with Crippen LogP contribution in [0.15, 0.2) is 23.1 Å². The molecule has 0 N–H and O–H groups in total. The number of nitriles is 1. The second-order valence-electron chi connectivity index (χ2n) is 3.09. The predicted molar refractivity (Wildman–Crippen MR) is 58.5 cm³/mol. The van der Waals surface area contributed by atoms with Gasteiger partial charge in [0.2, 0.25) is 0 Å². The predicted octanol–water partition coefficient (Wildman–Crippen LogP) is 3.23. The van der Waals surface area contributed by atoms with Crippen molar-refractivity contribution < 1.29 is 9.13 Å². The van der Waals surface area contributed by atoms with Crippen molar-refractivity contribution in [2.24, 2.45) is 0 Å². The summed E-state index contributed by atoms with van der Waals surface area (Å²) in [6.45, 7) is 1.74. The van der Waals surface area contributed by atoms with Crippen LogP contribution in [0, 0.1) is 17.1 Å². The van der Waals surface area contributed by atoms with Crippen molar-refractivity contribution >= 4 is 11.8 Å². The number of hydrogen-bond donors (Lipinski definition) is 0. The van der Waals surface area contributed by atoms with Gasteiger partial charge in [-0.15, -0.1) is 11.8 Å². The van der Waals surface area contributed by atoms with Gasteiger partial charge in [0.15, 0.2) is 11.6 Å². The van der Waals surface area contributed by atoms with Crippen LogP contribution in [0.5, 0.6) is 5.75 Å². The Bertz CT molecular complexity index is 375. The van der Waals surface area contributed by atoms with E-state index in [-0.39, 0.29) is 18.3 Å². The Hall–Kier alpha value is -1.21. The minimum atomic E-state index is -0.391. The highest BCUT2D eigenvalue weighted by Crippen LogP contribution is 2.25. The van der Waals surface area contributed by atoms with E-state index in [0.717, 1.165) is 4.90 Å². The molecule has 0 radical (unpaired) electrons. The molecular formula is C11H12FNOS. The molecule has 15 heavy (non-hydrogen) atoms. The Labute approximate surface area is 93.1 Å². The number of hydrogen-bond acceptors (Lipinski definition) is 3. The molecule has 0 saturated heterocycles. The third kappa shape index (κ3) is 3.45. The summed E-state index contributed by atoms with van der Waals surface area (Å²) in [4.78, 5) is 0.940. The third-order valence-corrected chi connectivity index (χ3v) is 2.57. The Morgan fingerprint density at radius 2 is 2.33 bits per heavy atom. The van der Waals surface area contributed by atoms with Crippen LogP contribution in [0.25, 0.3) is 0 Å². The van der Waals surface area contributed by atoms with E-state index < -0.39 is 5.82 Å². The first kappa shape index (κ1) is 11.9. The van der Waals surface area contributed by atoms with Gasteiger partial charge in [-0.25, -0.2) is 4.39 Å². The minimum absolute atomic E-state index is 0.213. The van der Waals surface area contributed by atoms with Crippen molar-refractivity contribution in [3.63, 3.8) is 0 Å². The summed E-state index contributed by atoms with van der Waals surface area (Å²) in [6, 6.07) is 6.70. The van der Waals surface area contributed by atoms with E-state index in [9.17, 15) is 4.39 Å². The van der Waals surface area contributed by atoms with Gasteiger partial charge in [0, 0.05) is 4.90 Å². The third-order valence-electron chi connectivity index (χ3n) is 1.85. The van der Waals surface area contributed by atoms with E-state index >= 15 is 0 Å². The van der Waals surface area contributed by atoms with Crippen LogP contribution in [0.4, 0.5) is 4.39 Å². The molecule has 0 aliphatic heterocycles. The zero-order valence-electron chi connectivity index (χ0n) is 8.66. The summed E-state index contributed by atoms with van der Waals surface area (Å²) in [7, 11) is 0. The van der Waals surface area contributed by atoms with Gasteiger partial charge >= 0.3 is 0 Å². The fourth-order valence-corrected chi connectivity index (χ4v) is 1.52. The quantitative estimate of drug-likeness (QED) is 0.737. The summed E-state index contributed by atoms with van der Waals surface area (Å²) >= 11 is 1.52. The Balaban J connectivity index is 2.79. The molecular weight excluding hydrogens is 213 g/mol. The van der Waals surface area contributed by atoms with Crippen LogP contribution < -0.4 is 4.74 Å². The topological polar surface area (TPSA) is 33.0 Å². The van der Waals surface area contributed by atoms with E-state index in [4.69, 9.17) is 10.00 Å². The van der Waals surface area contributed by atoms with Gasteiger partial charge in [-0.1, -0.05) is 0 Å². The van der Waals surface area contributed by atoms with Crippen molar-refractivity contribution in [1.29, 1.82) is 5.26 Å². The maximum atomic E-state index is 13.3. The highest BCUT2D eigenvalue weighted by molar-refractivity contribution is 7.98. The smallest absolute Gasteiger partial charge is 0.165 e. The highest BCUT2D eigenvalue weighted by atomic mass is 32.2. The van der Waals surface area contributed by atoms with E-state index in [0.29, 0.717) is 0 Å². The second kappa shape index (κ2) is 5.62. The van der Waals surface area contributed by atoms with E-state index in [2.05, 4.69) is 0 Å². The standard InChI is InChI=1S/C11H12FNOS/c1-8(5-6-13)14-11-7-9(15-2)3-4-10(11)12/h3-4,7-8H,5H2,1-2H3. The molecule has 1 rings (SSSR count). The lowest BCUT2D eigenvalue weighted by Crippen LogP contribution is -2.11. The van der Waals surface area contributed by atoms with Crippen LogP contribution in [0.1, 0.15) is 13.3 Å². The minimum Gasteiger partial charge on any atom is -0.487 e. The molecule has 1 unspecified atom stereocenters. The number of nitrogens with zero attached hydrogens (tertiary/aromatic N) is 1. The van der Waals surface area contributed by atoms with E-state index in [1.54, 1.807) is 19.1 Å². The van der Waals surface area contributed by atoms with Crippen molar-refractivity contribution in [2.75, 3.05) is 6.26 Å². The van der Waals surface area contributed by atoms with Crippen molar-refractivity contribution in [2.45, 2.75) is 24.3 Å². The molecule has 0 saturated carbocycles. The summed E-state index contributed by atoms with van der Waals surface area (Å²) < 4.78 is 18.6. The lowest BCUT2D eigenvalue weighted by atomic mass is 10.3. The van der Waals surface area contributed by atoms with Crippen molar-refractivity contribution in [1.82, 2.24) is 0 Å². The number of halogens is 1. The molecule has 1 aromatic carbocycles. The zero-order chi connectivity index (χ0) is 11.3. The first-order chi connectivity index (χ1) is 7.17.